The Morgan fingerprint density at radius 2 is 1.71 bits per heavy atom. The monoisotopic (exact) mass is 424 g/mol. The van der Waals surface area contributed by atoms with Gasteiger partial charge in [-0.1, -0.05) is 35.3 Å². The molecule has 0 spiro atoms. The second kappa shape index (κ2) is 7.70. The van der Waals surface area contributed by atoms with Crippen molar-refractivity contribution in [1.82, 2.24) is 9.13 Å². The molecule has 3 aromatic rings. The minimum atomic E-state index is -1.23. The molecule has 0 saturated heterocycles. The number of aromatic nitrogens is 2. The van der Waals surface area contributed by atoms with Crippen molar-refractivity contribution < 1.29 is 9.50 Å². The standard InChI is InChI=1S/C20H19Cl2FN2O3/c1-20(2,28)11-25-17-10-15(22)16(23)9-14(17)18(26)24(19(25)27)8-7-12-3-5-13(21)6-4-12/h3-6,9-10,28H,7-8,11H2,1-2H3. The molecule has 0 fully saturated rings. The highest BCUT2D eigenvalue weighted by Crippen LogP contribution is 2.21. The number of halogens is 3. The number of hydrogen-bond acceptors (Lipinski definition) is 3. The number of aliphatic hydroxyl groups is 1. The largest absolute Gasteiger partial charge is 0.389 e. The van der Waals surface area contributed by atoms with Gasteiger partial charge in [0.05, 0.1) is 28.1 Å². The molecule has 1 aromatic heterocycles. The van der Waals surface area contributed by atoms with Gasteiger partial charge < -0.3 is 5.11 Å². The summed E-state index contributed by atoms with van der Waals surface area (Å²) in [4.78, 5) is 25.9. The van der Waals surface area contributed by atoms with E-state index >= 15 is 0 Å². The van der Waals surface area contributed by atoms with E-state index in [1.54, 1.807) is 26.0 Å². The van der Waals surface area contributed by atoms with E-state index in [0.29, 0.717) is 11.4 Å². The highest BCUT2D eigenvalue weighted by atomic mass is 35.5. The molecule has 0 aliphatic carbocycles. The van der Waals surface area contributed by atoms with Crippen LogP contribution in [0.4, 0.5) is 4.39 Å². The lowest BCUT2D eigenvalue weighted by Crippen LogP contribution is -2.43. The van der Waals surface area contributed by atoms with E-state index in [-0.39, 0.29) is 29.0 Å². The quantitative estimate of drug-likeness (QED) is 0.679. The number of hydrogen-bond donors (Lipinski definition) is 1. The van der Waals surface area contributed by atoms with Crippen molar-refractivity contribution in [3.8, 4) is 0 Å². The molecular weight excluding hydrogens is 406 g/mol. The maximum Gasteiger partial charge on any atom is 0.331 e. The van der Waals surface area contributed by atoms with Crippen molar-refractivity contribution >= 4 is 34.1 Å². The summed E-state index contributed by atoms with van der Waals surface area (Å²) in [5.74, 6) is -0.746. The zero-order chi connectivity index (χ0) is 20.6. The Morgan fingerprint density at radius 1 is 1.07 bits per heavy atom. The Kier molecular flexibility index (Phi) is 5.66. The first-order valence-electron chi connectivity index (χ1n) is 8.66. The molecule has 0 aliphatic rings. The minimum Gasteiger partial charge on any atom is -0.389 e. The van der Waals surface area contributed by atoms with Crippen LogP contribution in [0, 0.1) is 5.82 Å². The zero-order valence-corrected chi connectivity index (χ0v) is 16.9. The van der Waals surface area contributed by atoms with Crippen LogP contribution in [0.15, 0.2) is 46.0 Å². The normalized spacial score (nSPS) is 11.9. The highest BCUT2D eigenvalue weighted by Gasteiger charge is 2.21. The Hall–Kier alpha value is -2.15. The molecule has 0 atom stereocenters. The summed E-state index contributed by atoms with van der Waals surface area (Å²) in [5, 5.41) is 10.6. The molecule has 0 bridgehead atoms. The molecule has 2 aromatic carbocycles. The Morgan fingerprint density at radius 3 is 2.32 bits per heavy atom. The van der Waals surface area contributed by atoms with Crippen molar-refractivity contribution in [2.75, 3.05) is 0 Å². The van der Waals surface area contributed by atoms with Gasteiger partial charge in [-0.05, 0) is 50.1 Å². The van der Waals surface area contributed by atoms with Gasteiger partial charge in [0.15, 0.2) is 0 Å². The van der Waals surface area contributed by atoms with Gasteiger partial charge in [-0.25, -0.2) is 9.18 Å². The van der Waals surface area contributed by atoms with E-state index in [1.807, 2.05) is 12.1 Å². The summed E-state index contributed by atoms with van der Waals surface area (Å²) in [7, 11) is 0. The van der Waals surface area contributed by atoms with E-state index < -0.39 is 22.7 Å². The summed E-state index contributed by atoms with van der Waals surface area (Å²) in [5.41, 5.74) is -1.33. The third-order valence-corrected chi connectivity index (χ3v) is 4.89. The molecule has 0 unspecified atom stereocenters. The lowest BCUT2D eigenvalue weighted by Gasteiger charge is -2.21. The van der Waals surface area contributed by atoms with Crippen LogP contribution in [0.2, 0.25) is 10.0 Å². The summed E-state index contributed by atoms with van der Waals surface area (Å²) in [6.45, 7) is 3.11. The maximum atomic E-state index is 14.0. The predicted octanol–water partition coefficient (Wildman–Crippen LogP) is 3.62. The fourth-order valence-electron chi connectivity index (χ4n) is 3.04. The van der Waals surface area contributed by atoms with E-state index in [2.05, 4.69) is 0 Å². The molecular formula is C20H19Cl2FN2O3. The topological polar surface area (TPSA) is 64.2 Å². The summed E-state index contributed by atoms with van der Waals surface area (Å²) >= 11 is 11.7. The molecule has 5 nitrogen and oxygen atoms in total. The van der Waals surface area contributed by atoms with Gasteiger partial charge in [-0.3, -0.25) is 13.9 Å². The van der Waals surface area contributed by atoms with Crippen molar-refractivity contribution in [3.63, 3.8) is 0 Å². The van der Waals surface area contributed by atoms with Gasteiger partial charge >= 0.3 is 5.69 Å². The van der Waals surface area contributed by atoms with Crippen LogP contribution in [0.3, 0.4) is 0 Å². The first-order chi connectivity index (χ1) is 13.1. The van der Waals surface area contributed by atoms with Crippen LogP contribution in [0.1, 0.15) is 19.4 Å². The van der Waals surface area contributed by atoms with E-state index in [1.165, 1.54) is 10.6 Å². The average Bonchev–Trinajstić information content (AvgIpc) is 2.61. The molecule has 8 heteroatoms. The first kappa shape index (κ1) is 20.6. The van der Waals surface area contributed by atoms with Gasteiger partial charge in [-0.2, -0.15) is 0 Å². The van der Waals surface area contributed by atoms with Crippen LogP contribution >= 0.6 is 23.2 Å². The highest BCUT2D eigenvalue weighted by molar-refractivity contribution is 6.31. The Bertz CT molecular complexity index is 1150. The molecule has 0 radical (unpaired) electrons. The smallest absolute Gasteiger partial charge is 0.331 e. The number of fused-ring (bicyclic) bond motifs is 1. The molecule has 3 rings (SSSR count). The van der Waals surface area contributed by atoms with E-state index in [0.717, 1.165) is 16.2 Å². The molecule has 28 heavy (non-hydrogen) atoms. The molecule has 0 amide bonds. The van der Waals surface area contributed by atoms with Crippen LogP contribution < -0.4 is 11.2 Å². The summed E-state index contributed by atoms with van der Waals surface area (Å²) < 4.78 is 16.3. The zero-order valence-electron chi connectivity index (χ0n) is 15.4. The van der Waals surface area contributed by atoms with Crippen LogP contribution in [-0.4, -0.2) is 19.8 Å². The summed E-state index contributed by atoms with van der Waals surface area (Å²) in [6, 6.07) is 9.34. The third kappa shape index (κ3) is 4.29. The van der Waals surface area contributed by atoms with Gasteiger partial charge in [0.2, 0.25) is 0 Å². The number of benzene rings is 2. The molecule has 0 aliphatic heterocycles. The molecule has 0 saturated carbocycles. The molecule has 148 valence electrons. The van der Waals surface area contributed by atoms with E-state index in [4.69, 9.17) is 23.2 Å². The van der Waals surface area contributed by atoms with Crippen LogP contribution in [0.25, 0.3) is 10.9 Å². The lowest BCUT2D eigenvalue weighted by atomic mass is 10.1. The van der Waals surface area contributed by atoms with Gasteiger partial charge in [0.25, 0.3) is 5.56 Å². The number of nitrogens with zero attached hydrogens (tertiary/aromatic N) is 2. The van der Waals surface area contributed by atoms with Crippen LogP contribution in [0.5, 0.6) is 0 Å². The SMILES string of the molecule is CC(C)(O)Cn1c(=O)n(CCc2ccc(Cl)cc2)c(=O)c2cc(F)c(Cl)cc21. The average molecular weight is 425 g/mol. The van der Waals surface area contributed by atoms with Gasteiger partial charge in [-0.15, -0.1) is 0 Å². The molecule has 1 N–H and O–H groups in total. The van der Waals surface area contributed by atoms with Crippen molar-refractivity contribution in [2.24, 2.45) is 0 Å². The Balaban J connectivity index is 2.16. The second-order valence-corrected chi connectivity index (χ2v) is 8.14. The Labute approximate surface area is 170 Å². The lowest BCUT2D eigenvalue weighted by molar-refractivity contribution is 0.0609. The van der Waals surface area contributed by atoms with Crippen molar-refractivity contribution in [2.45, 2.75) is 39.0 Å². The summed E-state index contributed by atoms with van der Waals surface area (Å²) in [6.07, 6.45) is 0.413. The number of rotatable bonds is 5. The van der Waals surface area contributed by atoms with Crippen LogP contribution in [-0.2, 0) is 19.5 Å². The minimum absolute atomic E-state index is 0.0295. The fraction of sp³-hybridized carbons (Fsp3) is 0.300. The molecule has 1 heterocycles. The first-order valence-corrected chi connectivity index (χ1v) is 9.41. The van der Waals surface area contributed by atoms with Gasteiger partial charge in [0.1, 0.15) is 5.82 Å². The van der Waals surface area contributed by atoms with E-state index in [9.17, 15) is 19.1 Å². The van der Waals surface area contributed by atoms with Crippen molar-refractivity contribution in [1.29, 1.82) is 0 Å². The second-order valence-electron chi connectivity index (χ2n) is 7.30. The van der Waals surface area contributed by atoms with Crippen molar-refractivity contribution in [3.05, 3.63) is 78.7 Å². The van der Waals surface area contributed by atoms with Gasteiger partial charge in [0, 0.05) is 11.6 Å². The predicted molar refractivity (Wildman–Crippen MR) is 109 cm³/mol. The maximum absolute atomic E-state index is 14.0. The fourth-order valence-corrected chi connectivity index (χ4v) is 3.32. The third-order valence-electron chi connectivity index (χ3n) is 4.35. The number of aryl methyl sites for hydroxylation is 1.